The number of carbonyl (C=O) groups excluding carboxylic acids is 1. The average Bonchev–Trinajstić information content (AvgIpc) is 2.45. The first-order valence-electron chi connectivity index (χ1n) is 7.96. The third-order valence-electron chi connectivity index (χ3n) is 4.30. The topological polar surface area (TPSA) is 72.9 Å². The molecule has 6 heteroatoms. The van der Waals surface area contributed by atoms with Gasteiger partial charge in [-0.2, -0.15) is 0 Å². The summed E-state index contributed by atoms with van der Waals surface area (Å²) >= 11 is 0. The Hall–Kier alpha value is -1.30. The number of nitrogens with one attached hydrogen (secondary N) is 1. The fraction of sp³-hybridized carbons (Fsp3) is 0.867. The molecule has 2 amide bonds. The molecule has 0 aromatic rings. The van der Waals surface area contributed by atoms with Gasteiger partial charge in [0, 0.05) is 19.1 Å². The summed E-state index contributed by atoms with van der Waals surface area (Å²) in [6, 6.07) is -0.432. The maximum Gasteiger partial charge on any atom is 0.317 e. The normalized spacial score (nSPS) is 18.2. The Morgan fingerprint density at radius 2 is 1.95 bits per heavy atom. The van der Waals surface area contributed by atoms with E-state index >= 15 is 0 Å². The van der Waals surface area contributed by atoms with Crippen LogP contribution in [0.4, 0.5) is 4.79 Å². The summed E-state index contributed by atoms with van der Waals surface area (Å²) in [5, 5.41) is 11.8. The number of rotatable bonds is 7. The molecule has 1 heterocycles. The largest absolute Gasteiger partial charge is 0.481 e. The molecule has 1 aliphatic heterocycles. The van der Waals surface area contributed by atoms with E-state index in [4.69, 9.17) is 5.11 Å². The van der Waals surface area contributed by atoms with Crippen LogP contribution in [-0.4, -0.2) is 65.7 Å². The molecule has 2 N–H and O–H groups in total. The molecule has 1 aliphatic rings. The van der Waals surface area contributed by atoms with Crippen molar-refractivity contribution >= 4 is 12.0 Å². The van der Waals surface area contributed by atoms with Gasteiger partial charge in [0.05, 0.1) is 6.42 Å². The van der Waals surface area contributed by atoms with Crippen LogP contribution >= 0.6 is 0 Å². The Balaban J connectivity index is 2.36. The standard InChI is InChI=1S/C15H29N3O3/c1-4-17-8-6-13(7-9-17)11-16-15(21)18(5-2)12(3)10-14(19)20/h12-13H,4-11H2,1-3H3,(H,16,21)(H,19,20). The summed E-state index contributed by atoms with van der Waals surface area (Å²) in [7, 11) is 0. The number of carboxylic acid groups (broad SMARTS) is 1. The molecule has 1 saturated heterocycles. The first kappa shape index (κ1) is 17.8. The zero-order chi connectivity index (χ0) is 15.8. The van der Waals surface area contributed by atoms with E-state index in [1.54, 1.807) is 11.8 Å². The Morgan fingerprint density at radius 1 is 1.33 bits per heavy atom. The van der Waals surface area contributed by atoms with E-state index < -0.39 is 5.97 Å². The number of piperidine rings is 1. The van der Waals surface area contributed by atoms with Gasteiger partial charge >= 0.3 is 12.0 Å². The van der Waals surface area contributed by atoms with Crippen molar-refractivity contribution in [3.8, 4) is 0 Å². The predicted octanol–water partition coefficient (Wildman–Crippen LogP) is 1.61. The fourth-order valence-electron chi connectivity index (χ4n) is 2.86. The second kappa shape index (κ2) is 8.87. The molecule has 1 rings (SSSR count). The highest BCUT2D eigenvalue weighted by Gasteiger charge is 2.23. The van der Waals surface area contributed by atoms with Crippen molar-refractivity contribution < 1.29 is 14.7 Å². The Morgan fingerprint density at radius 3 is 2.43 bits per heavy atom. The zero-order valence-corrected chi connectivity index (χ0v) is 13.5. The number of nitrogens with zero attached hydrogens (tertiary/aromatic N) is 2. The van der Waals surface area contributed by atoms with E-state index in [2.05, 4.69) is 17.1 Å². The second-order valence-corrected chi connectivity index (χ2v) is 5.80. The van der Waals surface area contributed by atoms with E-state index in [9.17, 15) is 9.59 Å². The number of hydrogen-bond acceptors (Lipinski definition) is 3. The number of amides is 2. The van der Waals surface area contributed by atoms with Gasteiger partial charge in [-0.1, -0.05) is 6.92 Å². The molecule has 0 bridgehead atoms. The first-order valence-corrected chi connectivity index (χ1v) is 7.96. The van der Waals surface area contributed by atoms with Crippen molar-refractivity contribution in [2.45, 2.75) is 46.1 Å². The highest BCUT2D eigenvalue weighted by Crippen LogP contribution is 2.16. The fourth-order valence-corrected chi connectivity index (χ4v) is 2.86. The van der Waals surface area contributed by atoms with Gasteiger partial charge in [-0.3, -0.25) is 4.79 Å². The van der Waals surface area contributed by atoms with Gasteiger partial charge in [-0.05, 0) is 52.2 Å². The molecule has 0 spiro atoms. The molecular weight excluding hydrogens is 270 g/mol. The molecule has 1 unspecified atom stereocenters. The van der Waals surface area contributed by atoms with E-state index in [-0.39, 0.29) is 18.5 Å². The van der Waals surface area contributed by atoms with Crippen molar-refractivity contribution in [2.75, 3.05) is 32.7 Å². The molecular formula is C15H29N3O3. The molecule has 0 radical (unpaired) electrons. The summed E-state index contributed by atoms with van der Waals surface area (Å²) < 4.78 is 0. The van der Waals surface area contributed by atoms with Crippen LogP contribution < -0.4 is 5.32 Å². The summed E-state index contributed by atoms with van der Waals surface area (Å²) in [6.07, 6.45) is 2.21. The Labute approximate surface area is 127 Å². The van der Waals surface area contributed by atoms with Gasteiger partial charge in [0.1, 0.15) is 0 Å². The molecule has 0 saturated carbocycles. The molecule has 21 heavy (non-hydrogen) atoms. The van der Waals surface area contributed by atoms with Gasteiger partial charge in [-0.25, -0.2) is 4.79 Å². The maximum atomic E-state index is 12.2. The van der Waals surface area contributed by atoms with E-state index in [1.807, 2.05) is 6.92 Å². The second-order valence-electron chi connectivity index (χ2n) is 5.80. The van der Waals surface area contributed by atoms with Crippen LogP contribution in [0, 0.1) is 5.92 Å². The van der Waals surface area contributed by atoms with Crippen molar-refractivity contribution in [1.29, 1.82) is 0 Å². The number of hydrogen-bond donors (Lipinski definition) is 2. The summed E-state index contributed by atoms with van der Waals surface area (Å²) in [5.74, 6) is -0.342. The van der Waals surface area contributed by atoms with Gasteiger partial charge in [0.25, 0.3) is 0 Å². The van der Waals surface area contributed by atoms with Crippen LogP contribution in [0.1, 0.15) is 40.0 Å². The third kappa shape index (κ3) is 5.91. The summed E-state index contributed by atoms with van der Waals surface area (Å²) in [5.41, 5.74) is 0. The molecule has 1 fully saturated rings. The van der Waals surface area contributed by atoms with Crippen molar-refractivity contribution in [1.82, 2.24) is 15.1 Å². The lowest BCUT2D eigenvalue weighted by Crippen LogP contribution is -2.47. The van der Waals surface area contributed by atoms with Gasteiger partial charge in [0.2, 0.25) is 0 Å². The number of carbonyl (C=O) groups is 2. The minimum atomic E-state index is -0.874. The number of likely N-dealkylation sites (tertiary alicyclic amines) is 1. The third-order valence-corrected chi connectivity index (χ3v) is 4.30. The quantitative estimate of drug-likeness (QED) is 0.749. The smallest absolute Gasteiger partial charge is 0.317 e. The van der Waals surface area contributed by atoms with E-state index in [0.29, 0.717) is 19.0 Å². The van der Waals surface area contributed by atoms with Crippen LogP contribution in [0.15, 0.2) is 0 Å². The lowest BCUT2D eigenvalue weighted by atomic mass is 9.97. The lowest BCUT2D eigenvalue weighted by molar-refractivity contribution is -0.138. The lowest BCUT2D eigenvalue weighted by Gasteiger charge is -2.32. The summed E-state index contributed by atoms with van der Waals surface area (Å²) in [4.78, 5) is 26.9. The van der Waals surface area contributed by atoms with Crippen LogP contribution in [0.25, 0.3) is 0 Å². The number of urea groups is 1. The summed E-state index contributed by atoms with van der Waals surface area (Å²) in [6.45, 7) is 10.3. The number of aliphatic carboxylic acids is 1. The van der Waals surface area contributed by atoms with Gasteiger partial charge in [0.15, 0.2) is 0 Å². The average molecular weight is 299 g/mol. The minimum Gasteiger partial charge on any atom is -0.481 e. The first-order chi connectivity index (χ1) is 9.97. The van der Waals surface area contributed by atoms with Gasteiger partial charge in [-0.15, -0.1) is 0 Å². The molecule has 1 atom stereocenters. The van der Waals surface area contributed by atoms with Crippen LogP contribution in [0.3, 0.4) is 0 Å². The van der Waals surface area contributed by atoms with E-state index in [1.165, 1.54) is 0 Å². The molecule has 0 aliphatic carbocycles. The highest BCUT2D eigenvalue weighted by molar-refractivity contribution is 5.75. The van der Waals surface area contributed by atoms with Crippen LogP contribution in [0.5, 0.6) is 0 Å². The van der Waals surface area contributed by atoms with Crippen molar-refractivity contribution in [3.05, 3.63) is 0 Å². The van der Waals surface area contributed by atoms with Crippen molar-refractivity contribution in [2.24, 2.45) is 5.92 Å². The monoisotopic (exact) mass is 299 g/mol. The molecule has 0 aromatic carbocycles. The SMILES string of the molecule is CCN1CCC(CNC(=O)N(CC)C(C)CC(=O)O)CC1. The highest BCUT2D eigenvalue weighted by atomic mass is 16.4. The maximum absolute atomic E-state index is 12.2. The van der Waals surface area contributed by atoms with Gasteiger partial charge < -0.3 is 20.2 Å². The zero-order valence-electron chi connectivity index (χ0n) is 13.5. The Kier molecular flexibility index (Phi) is 7.50. The molecule has 6 nitrogen and oxygen atoms in total. The number of carboxylic acids is 1. The van der Waals surface area contributed by atoms with Crippen LogP contribution in [0.2, 0.25) is 0 Å². The minimum absolute atomic E-state index is 0.0177. The predicted molar refractivity (Wildman–Crippen MR) is 82.3 cm³/mol. The van der Waals surface area contributed by atoms with E-state index in [0.717, 1.165) is 32.5 Å². The molecule has 0 aromatic heterocycles. The molecule has 122 valence electrons. The van der Waals surface area contributed by atoms with Crippen LogP contribution in [-0.2, 0) is 4.79 Å². The van der Waals surface area contributed by atoms with Crippen molar-refractivity contribution in [3.63, 3.8) is 0 Å². The Bertz CT molecular complexity index is 341.